The third-order valence-electron chi connectivity index (χ3n) is 3.96. The molecule has 21 heavy (non-hydrogen) atoms. The molecule has 1 N–H and O–H groups in total. The fourth-order valence-corrected chi connectivity index (χ4v) is 3.28. The molecule has 3 rings (SSSR count). The summed E-state index contributed by atoms with van der Waals surface area (Å²) in [6.07, 6.45) is 6.57. The molecule has 0 radical (unpaired) electrons. The molecule has 1 aliphatic rings. The van der Waals surface area contributed by atoms with Crippen LogP contribution in [0.25, 0.3) is 11.4 Å². The van der Waals surface area contributed by atoms with E-state index in [0.717, 1.165) is 28.7 Å². The minimum atomic E-state index is 0.369. The Balaban J connectivity index is 2.02. The monoisotopic (exact) mass is 365 g/mol. The van der Waals surface area contributed by atoms with E-state index in [2.05, 4.69) is 26.2 Å². The van der Waals surface area contributed by atoms with Gasteiger partial charge < -0.3 is 5.32 Å². The third-order valence-corrected chi connectivity index (χ3v) is 5.17. The summed E-state index contributed by atoms with van der Waals surface area (Å²) >= 11 is 9.50. The fraction of sp³-hybridized carbons (Fsp3) is 0.375. The Hall–Kier alpha value is -0.970. The van der Waals surface area contributed by atoms with Crippen LogP contribution >= 0.6 is 27.5 Å². The van der Waals surface area contributed by atoms with E-state index in [4.69, 9.17) is 16.6 Å². The molecular formula is C16H17BrClN3. The summed E-state index contributed by atoms with van der Waals surface area (Å²) < 4.78 is 0.869. The van der Waals surface area contributed by atoms with E-state index in [1.54, 1.807) is 0 Å². The summed E-state index contributed by atoms with van der Waals surface area (Å²) in [4.78, 5) is 9.36. The maximum atomic E-state index is 6.05. The second-order valence-electron chi connectivity index (χ2n) is 5.31. The molecule has 0 spiro atoms. The van der Waals surface area contributed by atoms with Crippen molar-refractivity contribution in [1.29, 1.82) is 0 Å². The van der Waals surface area contributed by atoms with Crippen molar-refractivity contribution in [3.63, 3.8) is 0 Å². The summed E-state index contributed by atoms with van der Waals surface area (Å²) in [7, 11) is 2.00. The van der Waals surface area contributed by atoms with E-state index in [9.17, 15) is 0 Å². The van der Waals surface area contributed by atoms with Gasteiger partial charge in [-0.2, -0.15) is 0 Å². The number of fused-ring (bicyclic) bond motifs is 1. The largest absolute Gasteiger partial charge is 0.313 e. The smallest absolute Gasteiger partial charge is 0.159 e. The number of nitrogens with one attached hydrogen (secondary N) is 1. The Morgan fingerprint density at radius 2 is 2.19 bits per heavy atom. The molecule has 0 fully saturated rings. The Morgan fingerprint density at radius 3 is 2.95 bits per heavy atom. The highest BCUT2D eigenvalue weighted by Gasteiger charge is 2.19. The maximum absolute atomic E-state index is 6.05. The first kappa shape index (κ1) is 14.9. The van der Waals surface area contributed by atoms with Crippen LogP contribution in [0.3, 0.4) is 0 Å². The van der Waals surface area contributed by atoms with Crippen molar-refractivity contribution in [2.45, 2.75) is 31.7 Å². The van der Waals surface area contributed by atoms with Crippen LogP contribution < -0.4 is 5.32 Å². The molecule has 3 nitrogen and oxygen atoms in total. The molecule has 1 aliphatic carbocycles. The molecule has 0 saturated carbocycles. The first-order valence-corrected chi connectivity index (χ1v) is 8.34. The van der Waals surface area contributed by atoms with Crippen molar-refractivity contribution in [3.8, 4) is 11.4 Å². The number of halogens is 2. The van der Waals surface area contributed by atoms with Gasteiger partial charge in [0, 0.05) is 33.5 Å². The van der Waals surface area contributed by atoms with Gasteiger partial charge in [-0.1, -0.05) is 18.0 Å². The molecule has 0 amide bonds. The number of hydrogen-bond acceptors (Lipinski definition) is 3. The summed E-state index contributed by atoms with van der Waals surface area (Å²) in [5.41, 5.74) is 3.40. The SMILES string of the molecule is CNC1CCCCc2nc(-c3ccc(Cl)c(Br)c3)ncc21. The van der Waals surface area contributed by atoms with Crippen molar-refractivity contribution in [1.82, 2.24) is 15.3 Å². The molecule has 0 aliphatic heterocycles. The molecule has 1 unspecified atom stereocenters. The van der Waals surface area contributed by atoms with Gasteiger partial charge in [-0.15, -0.1) is 0 Å². The average molecular weight is 367 g/mol. The standard InChI is InChI=1S/C16H17BrClN3/c1-19-14-4-2-3-5-15-11(14)9-20-16(21-15)10-6-7-13(18)12(17)8-10/h6-9,14,19H,2-5H2,1H3. The molecule has 1 heterocycles. The zero-order valence-corrected chi connectivity index (χ0v) is 14.2. The van der Waals surface area contributed by atoms with Gasteiger partial charge in [-0.3, -0.25) is 0 Å². The van der Waals surface area contributed by atoms with Gasteiger partial charge in [0.15, 0.2) is 5.82 Å². The van der Waals surface area contributed by atoms with Gasteiger partial charge in [-0.25, -0.2) is 9.97 Å². The van der Waals surface area contributed by atoms with Crippen molar-refractivity contribution in [2.75, 3.05) is 7.05 Å². The van der Waals surface area contributed by atoms with Crippen LogP contribution in [0.4, 0.5) is 0 Å². The molecule has 1 aromatic heterocycles. The third kappa shape index (κ3) is 3.12. The zero-order chi connectivity index (χ0) is 14.8. The van der Waals surface area contributed by atoms with Crippen molar-refractivity contribution in [3.05, 3.63) is 45.1 Å². The van der Waals surface area contributed by atoms with E-state index in [1.165, 1.54) is 24.1 Å². The number of nitrogens with zero attached hydrogens (tertiary/aromatic N) is 2. The quantitative estimate of drug-likeness (QED) is 0.793. The van der Waals surface area contributed by atoms with Gasteiger partial charge in [0.25, 0.3) is 0 Å². The second kappa shape index (κ2) is 6.42. The molecule has 0 bridgehead atoms. The lowest BCUT2D eigenvalue weighted by molar-refractivity contribution is 0.532. The second-order valence-corrected chi connectivity index (χ2v) is 6.57. The fourth-order valence-electron chi connectivity index (χ4n) is 2.79. The Bertz CT molecular complexity index is 660. The van der Waals surface area contributed by atoms with Crippen LogP contribution in [-0.4, -0.2) is 17.0 Å². The lowest BCUT2D eigenvalue weighted by Crippen LogP contribution is -2.17. The lowest BCUT2D eigenvalue weighted by Gasteiger charge is -2.16. The van der Waals surface area contributed by atoms with Gasteiger partial charge in [0.05, 0.1) is 5.02 Å². The van der Waals surface area contributed by atoms with Gasteiger partial charge >= 0.3 is 0 Å². The van der Waals surface area contributed by atoms with Crippen LogP contribution in [-0.2, 0) is 6.42 Å². The first-order chi connectivity index (χ1) is 10.2. The number of benzene rings is 1. The predicted molar refractivity (Wildman–Crippen MR) is 89.5 cm³/mol. The van der Waals surface area contributed by atoms with Crippen molar-refractivity contribution >= 4 is 27.5 Å². The lowest BCUT2D eigenvalue weighted by atomic mass is 10.0. The molecule has 110 valence electrons. The Morgan fingerprint density at radius 1 is 1.33 bits per heavy atom. The van der Waals surface area contributed by atoms with Crippen molar-refractivity contribution < 1.29 is 0 Å². The zero-order valence-electron chi connectivity index (χ0n) is 11.9. The van der Waals surface area contributed by atoms with Crippen molar-refractivity contribution in [2.24, 2.45) is 0 Å². The minimum absolute atomic E-state index is 0.369. The van der Waals surface area contributed by atoms with Crippen LogP contribution in [0.2, 0.25) is 5.02 Å². The number of hydrogen-bond donors (Lipinski definition) is 1. The Labute approximate surface area is 138 Å². The van der Waals surface area contributed by atoms with E-state index >= 15 is 0 Å². The van der Waals surface area contributed by atoms with Gasteiger partial charge in [0.1, 0.15) is 0 Å². The normalized spacial score (nSPS) is 18.1. The van der Waals surface area contributed by atoms with E-state index in [0.29, 0.717) is 11.1 Å². The Kier molecular flexibility index (Phi) is 4.57. The molecule has 1 atom stereocenters. The highest BCUT2D eigenvalue weighted by Crippen LogP contribution is 2.30. The maximum Gasteiger partial charge on any atom is 0.159 e. The molecule has 2 aromatic rings. The molecule has 1 aromatic carbocycles. The number of aromatic nitrogens is 2. The van der Waals surface area contributed by atoms with E-state index in [-0.39, 0.29) is 0 Å². The summed E-state index contributed by atoms with van der Waals surface area (Å²) in [6.45, 7) is 0. The topological polar surface area (TPSA) is 37.8 Å². The van der Waals surface area contributed by atoms with Crippen LogP contribution in [0.5, 0.6) is 0 Å². The van der Waals surface area contributed by atoms with Gasteiger partial charge in [0.2, 0.25) is 0 Å². The predicted octanol–water partition coefficient (Wildman–Crippen LogP) is 4.55. The number of aryl methyl sites for hydroxylation is 1. The van der Waals surface area contributed by atoms with Crippen LogP contribution in [0.1, 0.15) is 36.6 Å². The molecule has 0 saturated heterocycles. The highest BCUT2D eigenvalue weighted by molar-refractivity contribution is 9.10. The first-order valence-electron chi connectivity index (χ1n) is 7.17. The average Bonchev–Trinajstić information content (AvgIpc) is 2.71. The number of rotatable bonds is 2. The highest BCUT2D eigenvalue weighted by atomic mass is 79.9. The summed E-state index contributed by atoms with van der Waals surface area (Å²) in [6, 6.07) is 6.16. The summed E-state index contributed by atoms with van der Waals surface area (Å²) in [5.74, 6) is 0.767. The van der Waals surface area contributed by atoms with Crippen LogP contribution in [0, 0.1) is 0 Å². The van der Waals surface area contributed by atoms with Crippen LogP contribution in [0.15, 0.2) is 28.9 Å². The van der Waals surface area contributed by atoms with E-state index in [1.807, 2.05) is 31.4 Å². The summed E-state index contributed by atoms with van der Waals surface area (Å²) in [5, 5.41) is 4.07. The van der Waals surface area contributed by atoms with E-state index < -0.39 is 0 Å². The van der Waals surface area contributed by atoms with Gasteiger partial charge in [-0.05, 0) is 60.4 Å². The minimum Gasteiger partial charge on any atom is -0.313 e. The molecular weight excluding hydrogens is 350 g/mol. The molecule has 5 heteroatoms.